The Morgan fingerprint density at radius 2 is 1.44 bits per heavy atom. The number of amides is 8. The number of aromatic nitrogens is 6. The van der Waals surface area contributed by atoms with E-state index < -0.39 is 183 Å². The number of hydrogen-bond donors (Lipinski definition) is 22. The van der Waals surface area contributed by atoms with Gasteiger partial charge in [-0.25, -0.2) is 29.7 Å². The zero-order valence-corrected chi connectivity index (χ0v) is 56.0. The molecule has 0 aromatic carbocycles. The lowest BCUT2D eigenvalue weighted by Gasteiger charge is -2.47. The number of nitrogens with zero attached hydrogens (tertiary/aromatic N) is 5. The molecular formula is C57H89N19O21S2. The number of carbonyl (C=O) groups excluding carboxylic acids is 8. The molecule has 8 amide bonds. The van der Waals surface area contributed by atoms with Gasteiger partial charge >= 0.3 is 6.09 Å². The Balaban J connectivity index is 1.23. The first-order valence-electron chi connectivity index (χ1n) is 31.4. The molecule has 550 valence electrons. The van der Waals surface area contributed by atoms with Crippen molar-refractivity contribution in [2.75, 3.05) is 58.2 Å². The average Bonchev–Trinajstić information content (AvgIpc) is 1.07. The Morgan fingerprint density at radius 3 is 2.09 bits per heavy atom. The number of nitrogens with two attached hydrogens (primary N) is 6. The van der Waals surface area contributed by atoms with Crippen molar-refractivity contribution in [2.45, 2.75) is 170 Å². The smallest absolute Gasteiger partial charge is 0.404 e. The number of primary amides is 3. The van der Waals surface area contributed by atoms with Crippen molar-refractivity contribution in [3.05, 3.63) is 56.8 Å². The summed E-state index contributed by atoms with van der Waals surface area (Å²) in [6.07, 6.45) is -22.5. The van der Waals surface area contributed by atoms with E-state index in [1.807, 2.05) is 0 Å². The van der Waals surface area contributed by atoms with Gasteiger partial charge in [0.2, 0.25) is 29.5 Å². The number of rotatable bonds is 39. The molecular weight excluding hydrogens is 1350 g/mol. The molecule has 1 unspecified atom stereocenters. The van der Waals surface area contributed by atoms with Crippen molar-refractivity contribution in [1.29, 1.82) is 0 Å². The lowest BCUT2D eigenvalue weighted by atomic mass is 9.96. The van der Waals surface area contributed by atoms with Crippen LogP contribution in [0.1, 0.15) is 102 Å². The SMILES string of the molecule is Cc1c(N)nc([C@H](CC(N)=O)NC[C@H](N)C(N)=O)nc1C(=O)NC(C(=O)N[C@H](C)[C@@H](O)[C@H](C)C(=O)N[C@H](C(=O)NCCc1nc(-c2nc(C(=O)NCCCNCCCCN)cs2)cs1)[C@@H](C)O)[C@@H](O[C@H]1O[C@H](CO)[C@H](O)[C@@H](O)[C@H]1O[C@H]1O[C@H](CO)[C@@H](O)[C@@H](OC(N)=O)[C@@H]1O)c1cnc[nH]1. The van der Waals surface area contributed by atoms with Crippen molar-refractivity contribution < 1.29 is 103 Å². The number of carbonyl (C=O) groups is 8. The van der Waals surface area contributed by atoms with E-state index in [0.717, 1.165) is 44.9 Å². The molecule has 2 aliphatic rings. The van der Waals surface area contributed by atoms with Crippen LogP contribution in [0, 0.1) is 12.8 Å². The molecule has 4 aromatic rings. The first-order chi connectivity index (χ1) is 47.0. The van der Waals surface area contributed by atoms with Gasteiger partial charge in [0.05, 0.1) is 72.7 Å². The zero-order valence-electron chi connectivity index (χ0n) is 54.4. The van der Waals surface area contributed by atoms with Gasteiger partial charge in [-0.1, -0.05) is 6.92 Å². The molecule has 2 saturated heterocycles. The summed E-state index contributed by atoms with van der Waals surface area (Å²) in [7, 11) is 0. The van der Waals surface area contributed by atoms with Crippen molar-refractivity contribution in [3.8, 4) is 10.7 Å². The zero-order chi connectivity index (χ0) is 72.9. The number of aliphatic hydroxyl groups is 8. The molecule has 0 spiro atoms. The molecule has 6 heterocycles. The number of ether oxygens (including phenoxy) is 5. The quantitative estimate of drug-likeness (QED) is 0.0185. The molecule has 0 bridgehead atoms. The number of thiazole rings is 2. The predicted octanol–water partition coefficient (Wildman–Crippen LogP) is -8.25. The van der Waals surface area contributed by atoms with Gasteiger partial charge in [-0.05, 0) is 59.7 Å². The van der Waals surface area contributed by atoms with E-state index in [2.05, 4.69) is 67.1 Å². The monoisotopic (exact) mass is 1440 g/mol. The van der Waals surface area contributed by atoms with E-state index in [1.165, 1.54) is 50.4 Å². The summed E-state index contributed by atoms with van der Waals surface area (Å²) in [5, 5.41) is 111. The van der Waals surface area contributed by atoms with Gasteiger partial charge in [0.1, 0.15) is 94.6 Å². The molecule has 2 fully saturated rings. The van der Waals surface area contributed by atoms with Gasteiger partial charge in [0.15, 0.2) is 18.7 Å². The minimum absolute atomic E-state index is 0.0140. The topological polar surface area (TPSA) is 665 Å². The highest BCUT2D eigenvalue weighted by atomic mass is 32.1. The van der Waals surface area contributed by atoms with Crippen LogP contribution in [0.4, 0.5) is 10.6 Å². The molecule has 99 heavy (non-hydrogen) atoms. The molecule has 28 N–H and O–H groups in total. The Bertz CT molecular complexity index is 3320. The summed E-state index contributed by atoms with van der Waals surface area (Å²) in [5.74, 6) is -8.74. The maximum atomic E-state index is 15.2. The number of unbranched alkanes of at least 4 members (excludes halogenated alkanes) is 1. The van der Waals surface area contributed by atoms with Crippen LogP contribution in [0.3, 0.4) is 0 Å². The van der Waals surface area contributed by atoms with Gasteiger partial charge in [0, 0.05) is 48.8 Å². The fourth-order valence-electron chi connectivity index (χ4n) is 10.2. The van der Waals surface area contributed by atoms with E-state index in [1.54, 1.807) is 10.8 Å². The number of aliphatic hydroxyl groups excluding tert-OH is 8. The van der Waals surface area contributed by atoms with Gasteiger partial charge in [0.25, 0.3) is 11.8 Å². The highest BCUT2D eigenvalue weighted by Gasteiger charge is 2.54. The summed E-state index contributed by atoms with van der Waals surface area (Å²) in [4.78, 5) is 131. The van der Waals surface area contributed by atoms with Crippen molar-refractivity contribution in [1.82, 2.24) is 67.1 Å². The largest absolute Gasteiger partial charge is 0.441 e. The van der Waals surface area contributed by atoms with Crippen LogP contribution in [0.25, 0.3) is 10.7 Å². The number of imidazole rings is 1. The van der Waals surface area contributed by atoms with Crippen LogP contribution in [-0.2, 0) is 54.1 Å². The highest BCUT2D eigenvalue weighted by molar-refractivity contribution is 7.14. The molecule has 2 aliphatic heterocycles. The summed E-state index contributed by atoms with van der Waals surface area (Å²) >= 11 is 2.50. The molecule has 4 aromatic heterocycles. The first-order valence-corrected chi connectivity index (χ1v) is 33.1. The highest BCUT2D eigenvalue weighted by Crippen LogP contribution is 2.35. The van der Waals surface area contributed by atoms with Crippen LogP contribution in [0.5, 0.6) is 0 Å². The molecule has 0 saturated carbocycles. The lowest BCUT2D eigenvalue weighted by molar-refractivity contribution is -0.372. The standard InChI is InChI=1S/C57H89N19O21S2/c1-22-35(73-48(76-46(22)61)27(14-33(60)80)68-15-26(59)47(62)86)52(90)75-37(43(28-16-65-21-69-28)95-56-45(41(84)39(82)31(17-77)94-56)96-55-42(85)44(97-57(63)92)40(83)32(18-78)93-55)53(91)70-24(3)38(81)23(2)49(87)74-36(25(4)79)51(89)67-13-8-34-71-30(20-98-34)54-72-29(19-99-54)50(88)66-12-7-11-64-10-6-5-9-58/h16,19-21,23-27,31-32,36-45,55-56,64,68,77-79,81-85H,5-15,17-18,58-59H2,1-4H3,(H2,60,80)(H2,62,86)(H2,63,92)(H,65,69)(H,66,88)(H,67,89)(H,70,91)(H,74,87)(H,75,90)(H2,61,73,76)/t23-,24+,25+,26-,27-,31+,32+,36-,37?,38-,39-,40+,41+,42-,43-,44+,45+,55+,56+/m0/s1. The van der Waals surface area contributed by atoms with Gasteiger partial charge < -0.3 is 141 Å². The van der Waals surface area contributed by atoms with Crippen LogP contribution in [0.2, 0.25) is 0 Å². The van der Waals surface area contributed by atoms with E-state index in [-0.39, 0.29) is 54.0 Å². The fraction of sp³-hybridized carbons (Fsp3) is 0.632. The Hall–Kier alpha value is -7.73. The van der Waals surface area contributed by atoms with E-state index in [9.17, 15) is 74.4 Å². The predicted molar refractivity (Wildman–Crippen MR) is 346 cm³/mol. The van der Waals surface area contributed by atoms with Crippen LogP contribution in [0.15, 0.2) is 23.3 Å². The van der Waals surface area contributed by atoms with Crippen LogP contribution < -0.4 is 71.6 Å². The summed E-state index contributed by atoms with van der Waals surface area (Å²) < 4.78 is 28.7. The Kier molecular flexibility index (Phi) is 30.9. The molecule has 42 heteroatoms. The number of aromatic amines is 1. The second-order valence-electron chi connectivity index (χ2n) is 23.4. The number of anilines is 1. The fourth-order valence-corrected chi connectivity index (χ4v) is 11.8. The molecule has 6 rings (SSSR count). The van der Waals surface area contributed by atoms with E-state index >= 15 is 4.79 Å². The Morgan fingerprint density at radius 1 is 0.747 bits per heavy atom. The van der Waals surface area contributed by atoms with E-state index in [4.69, 9.17) is 58.1 Å². The minimum atomic E-state index is -2.20. The third kappa shape index (κ3) is 22.1. The van der Waals surface area contributed by atoms with Crippen LogP contribution in [-0.4, -0.2) is 268 Å². The molecule has 0 radical (unpaired) electrons. The third-order valence-electron chi connectivity index (χ3n) is 15.9. The van der Waals surface area contributed by atoms with Crippen LogP contribution >= 0.6 is 22.7 Å². The van der Waals surface area contributed by atoms with Gasteiger partial charge in [-0.3, -0.25) is 33.6 Å². The Labute approximate surface area is 573 Å². The maximum Gasteiger partial charge on any atom is 0.404 e. The number of hydrogen-bond acceptors (Lipinski definition) is 33. The second-order valence-corrected chi connectivity index (χ2v) is 25.2. The van der Waals surface area contributed by atoms with Crippen molar-refractivity contribution in [3.63, 3.8) is 0 Å². The van der Waals surface area contributed by atoms with E-state index in [0.29, 0.717) is 28.8 Å². The third-order valence-corrected chi connectivity index (χ3v) is 17.7. The van der Waals surface area contributed by atoms with Crippen molar-refractivity contribution in [2.24, 2.45) is 34.6 Å². The van der Waals surface area contributed by atoms with Gasteiger partial charge in [-0.15, -0.1) is 22.7 Å². The first kappa shape index (κ1) is 80.2. The number of nitrogens with one attached hydrogen (secondary N) is 8. The molecule has 0 aliphatic carbocycles. The summed E-state index contributed by atoms with van der Waals surface area (Å²) in [5.41, 5.74) is 33.6. The van der Waals surface area contributed by atoms with Crippen molar-refractivity contribution >= 4 is 75.9 Å². The number of nitrogen functional groups attached to an aromatic ring is 1. The number of H-pyrrole nitrogens is 1. The summed E-state index contributed by atoms with van der Waals surface area (Å²) in [6, 6.07) is -7.87. The maximum absolute atomic E-state index is 15.2. The molecule has 19 atom stereocenters. The van der Waals surface area contributed by atoms with Gasteiger partial charge in [-0.2, -0.15) is 0 Å². The summed E-state index contributed by atoms with van der Waals surface area (Å²) in [6.45, 7) is 5.29. The normalized spacial score (nSPS) is 23.6. The second kappa shape index (κ2) is 38.2. The lowest BCUT2D eigenvalue weighted by Crippen LogP contribution is -2.65. The molecule has 40 nitrogen and oxygen atoms in total. The minimum Gasteiger partial charge on any atom is -0.441 e. The average molecular weight is 1440 g/mol.